The molecule has 0 N–H and O–H groups in total. The third-order valence-corrected chi connectivity index (χ3v) is 5.93. The maximum absolute atomic E-state index is 5.77. The fraction of sp³-hybridized carbons (Fsp3) is 1.00. The third kappa shape index (κ3) is 14.0. The van der Waals surface area contributed by atoms with E-state index in [4.69, 9.17) is 9.47 Å². The van der Waals surface area contributed by atoms with Crippen LogP contribution in [0.1, 0.15) is 112 Å². The molecule has 1 rings (SSSR count). The number of hydrogen-bond donors (Lipinski definition) is 0. The van der Waals surface area contributed by atoms with Gasteiger partial charge >= 0.3 is 0 Å². The molecule has 0 aromatic heterocycles. The topological polar surface area (TPSA) is 21.7 Å². The predicted octanol–water partition coefficient (Wildman–Crippen LogP) is 6.84. The fourth-order valence-electron chi connectivity index (χ4n) is 4.02. The van der Waals surface area contributed by atoms with Crippen molar-refractivity contribution in [2.45, 2.75) is 123 Å². The Morgan fingerprint density at radius 1 is 0.679 bits per heavy atom. The summed E-state index contributed by atoms with van der Waals surface area (Å²) in [4.78, 5) is 2.66. The van der Waals surface area contributed by atoms with E-state index in [9.17, 15) is 0 Å². The Labute approximate surface area is 176 Å². The summed E-state index contributed by atoms with van der Waals surface area (Å²) in [6.45, 7) is 18.7. The Kier molecular flexibility index (Phi) is 12.9. The van der Waals surface area contributed by atoms with Crippen LogP contribution >= 0.6 is 0 Å². The minimum Gasteiger partial charge on any atom is -0.381 e. The van der Waals surface area contributed by atoms with Gasteiger partial charge in [0.25, 0.3) is 0 Å². The number of unbranched alkanes of at least 4 members (excludes halogenated alkanes) is 6. The Balaban J connectivity index is 1.79. The monoisotopic (exact) mass is 397 g/mol. The van der Waals surface area contributed by atoms with Gasteiger partial charge in [0.1, 0.15) is 0 Å². The van der Waals surface area contributed by atoms with Gasteiger partial charge < -0.3 is 9.47 Å². The van der Waals surface area contributed by atoms with Crippen LogP contribution in [0.25, 0.3) is 0 Å². The summed E-state index contributed by atoms with van der Waals surface area (Å²) in [5.74, 6) is 0.982. The zero-order chi connectivity index (χ0) is 20.9. The molecule has 0 bridgehead atoms. The van der Waals surface area contributed by atoms with Crippen molar-refractivity contribution in [2.75, 3.05) is 32.9 Å². The second-order valence-electron chi connectivity index (χ2n) is 10.8. The van der Waals surface area contributed by atoms with Gasteiger partial charge in [-0.05, 0) is 99.1 Å². The van der Waals surface area contributed by atoms with Crippen LogP contribution in [-0.4, -0.2) is 49.0 Å². The van der Waals surface area contributed by atoms with Crippen LogP contribution in [0.2, 0.25) is 0 Å². The number of ether oxygens (including phenoxy) is 2. The summed E-state index contributed by atoms with van der Waals surface area (Å²) in [5.41, 5.74) is 0.355. The smallest absolute Gasteiger partial charge is 0.0598 e. The summed E-state index contributed by atoms with van der Waals surface area (Å²) < 4.78 is 11.5. The Hall–Kier alpha value is -0.120. The van der Waals surface area contributed by atoms with E-state index in [1.807, 2.05) is 0 Å². The molecular formula is C25H51NO2. The molecule has 0 spiro atoms. The lowest BCUT2D eigenvalue weighted by Crippen LogP contribution is -2.46. The van der Waals surface area contributed by atoms with Gasteiger partial charge in [-0.2, -0.15) is 0 Å². The lowest BCUT2D eigenvalue weighted by molar-refractivity contribution is -0.00536. The zero-order valence-corrected chi connectivity index (χ0v) is 20.2. The van der Waals surface area contributed by atoms with Gasteiger partial charge in [-0.15, -0.1) is 0 Å². The van der Waals surface area contributed by atoms with Gasteiger partial charge in [0.2, 0.25) is 0 Å². The molecular weight excluding hydrogens is 346 g/mol. The van der Waals surface area contributed by atoms with Crippen LogP contribution in [0.5, 0.6) is 0 Å². The van der Waals surface area contributed by atoms with Gasteiger partial charge in [0, 0.05) is 25.4 Å². The SMILES string of the molecule is CC(C)(C)OCCCCCOCCCCCCCC1CCN(C(C)(C)C)CC1. The van der Waals surface area contributed by atoms with E-state index in [0.717, 1.165) is 32.2 Å². The first-order valence-electron chi connectivity index (χ1n) is 12.2. The second-order valence-corrected chi connectivity index (χ2v) is 10.8. The summed E-state index contributed by atoms with van der Waals surface area (Å²) in [6.07, 6.45) is 14.6. The maximum atomic E-state index is 5.77. The number of piperidine rings is 1. The molecule has 0 atom stereocenters. The first kappa shape index (κ1) is 25.9. The average Bonchev–Trinajstić information content (AvgIpc) is 2.60. The van der Waals surface area contributed by atoms with Crippen LogP contribution in [0.4, 0.5) is 0 Å². The van der Waals surface area contributed by atoms with Crippen molar-refractivity contribution < 1.29 is 9.47 Å². The van der Waals surface area contributed by atoms with E-state index in [1.54, 1.807) is 0 Å². The van der Waals surface area contributed by atoms with E-state index < -0.39 is 0 Å². The molecule has 28 heavy (non-hydrogen) atoms. The highest BCUT2D eigenvalue weighted by molar-refractivity contribution is 4.81. The molecule has 3 nitrogen and oxygen atoms in total. The first-order valence-corrected chi connectivity index (χ1v) is 12.2. The van der Waals surface area contributed by atoms with Gasteiger partial charge in [-0.1, -0.05) is 32.1 Å². The predicted molar refractivity (Wildman–Crippen MR) is 122 cm³/mol. The molecule has 0 aliphatic carbocycles. The number of likely N-dealkylation sites (tertiary alicyclic amines) is 1. The van der Waals surface area contributed by atoms with Gasteiger partial charge in [-0.3, -0.25) is 4.90 Å². The van der Waals surface area contributed by atoms with Crippen molar-refractivity contribution >= 4 is 0 Å². The molecule has 0 unspecified atom stereocenters. The van der Waals surface area contributed by atoms with Crippen molar-refractivity contribution in [2.24, 2.45) is 5.92 Å². The molecule has 3 heteroatoms. The molecule has 0 aromatic carbocycles. The Morgan fingerprint density at radius 2 is 1.18 bits per heavy atom. The minimum absolute atomic E-state index is 0.000361. The molecule has 1 aliphatic rings. The summed E-state index contributed by atoms with van der Waals surface area (Å²) in [5, 5.41) is 0. The van der Waals surface area contributed by atoms with Crippen LogP contribution in [0.3, 0.4) is 0 Å². The fourth-order valence-corrected chi connectivity index (χ4v) is 4.02. The highest BCUT2D eigenvalue weighted by Gasteiger charge is 2.26. The minimum atomic E-state index is 0.000361. The Bertz CT molecular complexity index is 362. The Morgan fingerprint density at radius 3 is 1.75 bits per heavy atom. The van der Waals surface area contributed by atoms with Crippen LogP contribution in [-0.2, 0) is 9.47 Å². The van der Waals surface area contributed by atoms with E-state index in [0.29, 0.717) is 5.54 Å². The molecule has 0 saturated carbocycles. The van der Waals surface area contributed by atoms with Crippen LogP contribution in [0, 0.1) is 5.92 Å². The van der Waals surface area contributed by atoms with E-state index >= 15 is 0 Å². The van der Waals surface area contributed by atoms with Gasteiger partial charge in [0.15, 0.2) is 0 Å². The zero-order valence-electron chi connectivity index (χ0n) is 20.2. The van der Waals surface area contributed by atoms with E-state index in [2.05, 4.69) is 46.4 Å². The van der Waals surface area contributed by atoms with Crippen molar-refractivity contribution in [1.82, 2.24) is 4.90 Å². The second kappa shape index (κ2) is 14.0. The molecule has 1 aliphatic heterocycles. The quantitative estimate of drug-likeness (QED) is 0.299. The molecule has 0 aromatic rings. The molecule has 1 heterocycles. The summed E-state index contributed by atoms with van der Waals surface area (Å²) in [7, 11) is 0. The number of hydrogen-bond acceptors (Lipinski definition) is 3. The van der Waals surface area contributed by atoms with Crippen molar-refractivity contribution in [3.05, 3.63) is 0 Å². The maximum Gasteiger partial charge on any atom is 0.0598 e. The van der Waals surface area contributed by atoms with Crippen molar-refractivity contribution in [3.8, 4) is 0 Å². The van der Waals surface area contributed by atoms with E-state index in [-0.39, 0.29) is 5.60 Å². The van der Waals surface area contributed by atoms with Crippen molar-refractivity contribution in [3.63, 3.8) is 0 Å². The number of nitrogens with zero attached hydrogens (tertiary/aromatic N) is 1. The van der Waals surface area contributed by atoms with Crippen LogP contribution in [0.15, 0.2) is 0 Å². The third-order valence-electron chi connectivity index (χ3n) is 5.93. The lowest BCUT2D eigenvalue weighted by atomic mass is 9.89. The molecule has 1 saturated heterocycles. The summed E-state index contributed by atoms with van der Waals surface area (Å²) in [6, 6.07) is 0. The van der Waals surface area contributed by atoms with E-state index in [1.165, 1.54) is 77.3 Å². The lowest BCUT2D eigenvalue weighted by Gasteiger charge is -2.41. The van der Waals surface area contributed by atoms with Crippen molar-refractivity contribution in [1.29, 1.82) is 0 Å². The first-order chi connectivity index (χ1) is 13.2. The number of rotatable bonds is 14. The average molecular weight is 398 g/mol. The van der Waals surface area contributed by atoms with Crippen LogP contribution < -0.4 is 0 Å². The molecule has 0 amide bonds. The molecule has 168 valence electrons. The highest BCUT2D eigenvalue weighted by Crippen LogP contribution is 2.27. The largest absolute Gasteiger partial charge is 0.381 e. The summed E-state index contributed by atoms with van der Waals surface area (Å²) >= 11 is 0. The van der Waals surface area contributed by atoms with Gasteiger partial charge in [-0.25, -0.2) is 0 Å². The standard InChI is InChI=1S/C25H51NO2/c1-24(2,3)26-18-16-23(17-19-26)15-11-8-7-9-12-20-27-21-13-10-14-22-28-25(4,5)6/h23H,7-22H2,1-6H3. The highest BCUT2D eigenvalue weighted by atomic mass is 16.5. The molecule has 1 fully saturated rings. The normalized spacial score (nSPS) is 17.4. The molecule has 0 radical (unpaired) electrons. The van der Waals surface area contributed by atoms with Gasteiger partial charge in [0.05, 0.1) is 5.60 Å².